The molecular weight excluding hydrogens is 178 g/mol. The van der Waals surface area contributed by atoms with E-state index in [0.29, 0.717) is 6.42 Å². The van der Waals surface area contributed by atoms with E-state index in [9.17, 15) is 4.79 Å². The first-order valence-electron chi connectivity index (χ1n) is 4.00. The Kier molecular flexibility index (Phi) is 6.06. The van der Waals surface area contributed by atoms with Gasteiger partial charge in [0.05, 0.1) is 0 Å². The maximum Gasteiger partial charge on any atom is 0.218 e. The lowest BCUT2D eigenvalue weighted by molar-refractivity contribution is -0.118. The molecule has 0 spiro atoms. The van der Waals surface area contributed by atoms with Gasteiger partial charge in [0.2, 0.25) is 5.91 Å². The summed E-state index contributed by atoms with van der Waals surface area (Å²) >= 11 is 0. The molecule has 1 fully saturated rings. The lowest BCUT2D eigenvalue weighted by atomic mass is 10.3. The SMILES string of the molecule is Cl.NC(=O)CCN1CCNCC1. The number of nitrogens with two attached hydrogens (primary N) is 1. The molecule has 0 aromatic rings. The molecule has 0 unspecified atom stereocenters. The third-order valence-corrected chi connectivity index (χ3v) is 1.88. The molecule has 5 heteroatoms. The molecular formula is C7H16ClN3O. The Morgan fingerprint density at radius 2 is 2.00 bits per heavy atom. The van der Waals surface area contributed by atoms with Crippen molar-refractivity contribution in [3.8, 4) is 0 Å². The quantitative estimate of drug-likeness (QED) is 0.617. The van der Waals surface area contributed by atoms with E-state index in [-0.39, 0.29) is 18.3 Å². The van der Waals surface area contributed by atoms with Crippen molar-refractivity contribution in [3.05, 3.63) is 0 Å². The van der Waals surface area contributed by atoms with Crippen molar-refractivity contribution in [2.24, 2.45) is 5.73 Å². The molecule has 0 aliphatic carbocycles. The molecule has 1 heterocycles. The van der Waals surface area contributed by atoms with Gasteiger partial charge in [0.15, 0.2) is 0 Å². The number of carbonyl (C=O) groups excluding carboxylic acids is 1. The first-order chi connectivity index (χ1) is 5.29. The zero-order valence-electron chi connectivity index (χ0n) is 7.08. The fourth-order valence-electron chi connectivity index (χ4n) is 1.20. The van der Waals surface area contributed by atoms with Crippen molar-refractivity contribution >= 4 is 18.3 Å². The summed E-state index contributed by atoms with van der Waals surface area (Å²) in [7, 11) is 0. The Bertz CT molecular complexity index is 137. The standard InChI is InChI=1S/C7H15N3O.ClH/c8-7(11)1-4-10-5-2-9-3-6-10;/h9H,1-6H2,(H2,8,11);1H. The maximum atomic E-state index is 10.4. The Morgan fingerprint density at radius 1 is 1.42 bits per heavy atom. The fourth-order valence-corrected chi connectivity index (χ4v) is 1.20. The van der Waals surface area contributed by atoms with Gasteiger partial charge in [-0.25, -0.2) is 0 Å². The van der Waals surface area contributed by atoms with E-state index in [1.807, 2.05) is 0 Å². The van der Waals surface area contributed by atoms with Crippen LogP contribution in [0, 0.1) is 0 Å². The second-order valence-corrected chi connectivity index (χ2v) is 2.81. The van der Waals surface area contributed by atoms with E-state index in [4.69, 9.17) is 5.73 Å². The summed E-state index contributed by atoms with van der Waals surface area (Å²) in [6.45, 7) is 4.94. The third kappa shape index (κ3) is 4.54. The summed E-state index contributed by atoms with van der Waals surface area (Å²) in [5.41, 5.74) is 5.03. The molecule has 72 valence electrons. The molecule has 1 amide bonds. The number of rotatable bonds is 3. The van der Waals surface area contributed by atoms with Crippen LogP contribution < -0.4 is 11.1 Å². The summed E-state index contributed by atoms with van der Waals surface area (Å²) < 4.78 is 0. The van der Waals surface area contributed by atoms with Crippen LogP contribution in [0.15, 0.2) is 0 Å². The molecule has 3 N–H and O–H groups in total. The van der Waals surface area contributed by atoms with E-state index in [1.165, 1.54) is 0 Å². The summed E-state index contributed by atoms with van der Waals surface area (Å²) in [6.07, 6.45) is 0.486. The normalized spacial score (nSPS) is 18.3. The van der Waals surface area contributed by atoms with Crippen molar-refractivity contribution < 1.29 is 4.79 Å². The Balaban J connectivity index is 0.00000121. The molecule has 0 atom stereocenters. The van der Waals surface area contributed by atoms with Gasteiger partial charge in [0.25, 0.3) is 0 Å². The first kappa shape index (κ1) is 11.7. The molecule has 0 radical (unpaired) electrons. The van der Waals surface area contributed by atoms with Crippen LogP contribution in [0.4, 0.5) is 0 Å². The van der Waals surface area contributed by atoms with Crippen molar-refractivity contribution in [1.82, 2.24) is 10.2 Å². The van der Waals surface area contributed by atoms with Crippen LogP contribution >= 0.6 is 12.4 Å². The van der Waals surface area contributed by atoms with Crippen molar-refractivity contribution in [2.45, 2.75) is 6.42 Å². The summed E-state index contributed by atoms with van der Waals surface area (Å²) in [4.78, 5) is 12.7. The fraction of sp³-hybridized carbons (Fsp3) is 0.857. The third-order valence-electron chi connectivity index (χ3n) is 1.88. The summed E-state index contributed by atoms with van der Waals surface area (Å²) in [5.74, 6) is -0.205. The van der Waals surface area contributed by atoms with Crippen LogP contribution in [-0.2, 0) is 4.79 Å². The van der Waals surface area contributed by atoms with Crippen molar-refractivity contribution in [1.29, 1.82) is 0 Å². The highest BCUT2D eigenvalue weighted by atomic mass is 35.5. The summed E-state index contributed by atoms with van der Waals surface area (Å²) in [6, 6.07) is 0. The van der Waals surface area contributed by atoms with E-state index < -0.39 is 0 Å². The van der Waals surface area contributed by atoms with Gasteiger partial charge in [-0.1, -0.05) is 0 Å². The Morgan fingerprint density at radius 3 is 2.50 bits per heavy atom. The number of piperazine rings is 1. The molecule has 1 saturated heterocycles. The second kappa shape index (κ2) is 6.22. The lowest BCUT2D eigenvalue weighted by Crippen LogP contribution is -2.44. The predicted octanol–water partition coefficient (Wildman–Crippen LogP) is -0.811. The smallest absolute Gasteiger partial charge is 0.218 e. The largest absolute Gasteiger partial charge is 0.370 e. The summed E-state index contributed by atoms with van der Waals surface area (Å²) in [5, 5.41) is 3.24. The van der Waals surface area contributed by atoms with Crippen LogP contribution in [-0.4, -0.2) is 43.5 Å². The zero-order valence-corrected chi connectivity index (χ0v) is 7.90. The van der Waals surface area contributed by atoms with Crippen molar-refractivity contribution in [2.75, 3.05) is 32.7 Å². The number of amides is 1. The van der Waals surface area contributed by atoms with Crippen LogP contribution in [0.25, 0.3) is 0 Å². The minimum atomic E-state index is -0.205. The van der Waals surface area contributed by atoms with Gasteiger partial charge in [0, 0.05) is 39.1 Å². The van der Waals surface area contributed by atoms with Crippen LogP contribution in [0.5, 0.6) is 0 Å². The second-order valence-electron chi connectivity index (χ2n) is 2.81. The topological polar surface area (TPSA) is 58.4 Å². The number of carbonyl (C=O) groups is 1. The minimum Gasteiger partial charge on any atom is -0.370 e. The molecule has 1 aliphatic rings. The average molecular weight is 194 g/mol. The highest BCUT2D eigenvalue weighted by Crippen LogP contribution is 1.92. The van der Waals surface area contributed by atoms with Gasteiger partial charge in [-0.2, -0.15) is 0 Å². The number of primary amides is 1. The monoisotopic (exact) mass is 193 g/mol. The number of hydrogen-bond acceptors (Lipinski definition) is 3. The maximum absolute atomic E-state index is 10.4. The van der Waals surface area contributed by atoms with Gasteiger partial charge >= 0.3 is 0 Å². The van der Waals surface area contributed by atoms with E-state index in [0.717, 1.165) is 32.7 Å². The number of halogens is 1. The van der Waals surface area contributed by atoms with Gasteiger partial charge in [-0.05, 0) is 0 Å². The molecule has 0 saturated carbocycles. The highest BCUT2D eigenvalue weighted by molar-refractivity contribution is 5.85. The molecule has 4 nitrogen and oxygen atoms in total. The Labute approximate surface area is 78.9 Å². The van der Waals surface area contributed by atoms with E-state index in [1.54, 1.807) is 0 Å². The number of nitrogens with one attached hydrogen (secondary N) is 1. The predicted molar refractivity (Wildman–Crippen MR) is 50.4 cm³/mol. The van der Waals surface area contributed by atoms with Crippen LogP contribution in [0.1, 0.15) is 6.42 Å². The number of nitrogens with zero attached hydrogens (tertiary/aromatic N) is 1. The minimum absolute atomic E-state index is 0. The first-order valence-corrected chi connectivity index (χ1v) is 4.00. The average Bonchev–Trinajstić information content (AvgIpc) is 2.03. The van der Waals surface area contributed by atoms with Gasteiger partial charge < -0.3 is 16.0 Å². The molecule has 1 aliphatic heterocycles. The van der Waals surface area contributed by atoms with Crippen LogP contribution in [0.2, 0.25) is 0 Å². The van der Waals surface area contributed by atoms with Gasteiger partial charge in [-0.15, -0.1) is 12.4 Å². The van der Waals surface area contributed by atoms with E-state index >= 15 is 0 Å². The molecule has 1 rings (SSSR count). The van der Waals surface area contributed by atoms with Crippen molar-refractivity contribution in [3.63, 3.8) is 0 Å². The molecule has 0 bridgehead atoms. The number of hydrogen-bond donors (Lipinski definition) is 2. The highest BCUT2D eigenvalue weighted by Gasteiger charge is 2.09. The van der Waals surface area contributed by atoms with Gasteiger partial charge in [-0.3, -0.25) is 4.79 Å². The molecule has 0 aromatic carbocycles. The Hall–Kier alpha value is -0.320. The van der Waals surface area contributed by atoms with Gasteiger partial charge in [0.1, 0.15) is 0 Å². The van der Waals surface area contributed by atoms with E-state index in [2.05, 4.69) is 10.2 Å². The zero-order chi connectivity index (χ0) is 8.10. The van der Waals surface area contributed by atoms with Crippen LogP contribution in [0.3, 0.4) is 0 Å². The molecule has 0 aromatic heterocycles. The lowest BCUT2D eigenvalue weighted by Gasteiger charge is -2.26. The molecule has 12 heavy (non-hydrogen) atoms.